The van der Waals surface area contributed by atoms with Crippen molar-refractivity contribution in [3.05, 3.63) is 46.4 Å². The summed E-state index contributed by atoms with van der Waals surface area (Å²) in [6.45, 7) is 8.23. The molecule has 2 aliphatic rings. The summed E-state index contributed by atoms with van der Waals surface area (Å²) in [6, 6.07) is 4.56. The lowest BCUT2D eigenvalue weighted by atomic mass is 10.00. The standard InChI is InChI=1S/C23H32N4O2/c1-16-17(2)22(29-3)8-7-18(16)13-26-10-11-27(14-19(26)9-12-28)23-20-5-4-6-21(20)24-15-25-23/h7-8,15,19,28H,4-6,9-14H2,1-3H3/t19-/m0/s1. The Morgan fingerprint density at radius 2 is 2.00 bits per heavy atom. The Morgan fingerprint density at radius 3 is 2.79 bits per heavy atom. The van der Waals surface area contributed by atoms with Gasteiger partial charge in [-0.2, -0.15) is 0 Å². The van der Waals surface area contributed by atoms with Crippen LogP contribution in [0.1, 0.15) is 40.8 Å². The fourth-order valence-electron chi connectivity index (χ4n) is 4.79. The zero-order valence-electron chi connectivity index (χ0n) is 17.8. The third-order valence-electron chi connectivity index (χ3n) is 6.66. The number of fused-ring (bicyclic) bond motifs is 1. The molecule has 1 N–H and O–H groups in total. The van der Waals surface area contributed by atoms with Gasteiger partial charge >= 0.3 is 0 Å². The molecule has 0 bridgehead atoms. The summed E-state index contributed by atoms with van der Waals surface area (Å²) in [5.41, 5.74) is 6.40. The summed E-state index contributed by atoms with van der Waals surface area (Å²) >= 11 is 0. The van der Waals surface area contributed by atoms with Crippen LogP contribution in [0.15, 0.2) is 18.5 Å². The Balaban J connectivity index is 1.52. The first kappa shape index (κ1) is 20.1. The van der Waals surface area contributed by atoms with Crippen LogP contribution >= 0.6 is 0 Å². The second kappa shape index (κ2) is 8.67. The van der Waals surface area contributed by atoms with Gasteiger partial charge in [-0.3, -0.25) is 4.90 Å². The molecule has 2 aromatic rings. The second-order valence-electron chi connectivity index (χ2n) is 8.24. The third kappa shape index (κ3) is 3.96. The van der Waals surface area contributed by atoms with Crippen LogP contribution in [-0.4, -0.2) is 59.4 Å². The molecule has 1 aromatic heterocycles. The largest absolute Gasteiger partial charge is 0.496 e. The number of anilines is 1. The van der Waals surface area contributed by atoms with Crippen molar-refractivity contribution in [3.63, 3.8) is 0 Å². The van der Waals surface area contributed by atoms with E-state index < -0.39 is 0 Å². The first-order chi connectivity index (χ1) is 14.1. The van der Waals surface area contributed by atoms with E-state index in [-0.39, 0.29) is 6.61 Å². The zero-order chi connectivity index (χ0) is 20.4. The SMILES string of the molecule is COc1ccc(CN2CCN(c3ncnc4c3CCC4)C[C@@H]2CCO)c(C)c1C. The number of aromatic nitrogens is 2. The van der Waals surface area contributed by atoms with E-state index in [2.05, 4.69) is 45.7 Å². The number of rotatable bonds is 6. The molecular formula is C23H32N4O2. The molecule has 6 heteroatoms. The minimum atomic E-state index is 0.206. The van der Waals surface area contributed by atoms with E-state index in [4.69, 9.17) is 4.74 Å². The van der Waals surface area contributed by atoms with Gasteiger partial charge in [0, 0.05) is 50.1 Å². The van der Waals surface area contributed by atoms with Gasteiger partial charge in [-0.15, -0.1) is 0 Å². The molecular weight excluding hydrogens is 364 g/mol. The highest BCUT2D eigenvalue weighted by Crippen LogP contribution is 2.31. The molecule has 4 rings (SSSR count). The van der Waals surface area contributed by atoms with Crippen molar-refractivity contribution in [1.29, 1.82) is 0 Å². The van der Waals surface area contributed by atoms with Gasteiger partial charge in [-0.1, -0.05) is 6.07 Å². The molecule has 2 heterocycles. The summed E-state index contributed by atoms with van der Waals surface area (Å²) in [6.07, 6.45) is 5.83. The van der Waals surface area contributed by atoms with Gasteiger partial charge < -0.3 is 14.7 Å². The van der Waals surface area contributed by atoms with Crippen molar-refractivity contribution in [1.82, 2.24) is 14.9 Å². The van der Waals surface area contributed by atoms with Gasteiger partial charge in [0.15, 0.2) is 0 Å². The van der Waals surface area contributed by atoms with Crippen LogP contribution in [-0.2, 0) is 19.4 Å². The predicted octanol–water partition coefficient (Wildman–Crippen LogP) is 2.66. The first-order valence-electron chi connectivity index (χ1n) is 10.7. The molecule has 0 amide bonds. The van der Waals surface area contributed by atoms with Crippen molar-refractivity contribution in [2.75, 3.05) is 38.3 Å². The summed E-state index contributed by atoms with van der Waals surface area (Å²) in [7, 11) is 1.72. The molecule has 156 valence electrons. The zero-order valence-corrected chi connectivity index (χ0v) is 17.8. The van der Waals surface area contributed by atoms with E-state index in [1.165, 1.54) is 34.4 Å². The minimum Gasteiger partial charge on any atom is -0.496 e. The number of nitrogens with zero attached hydrogens (tertiary/aromatic N) is 4. The molecule has 1 aliphatic carbocycles. The molecule has 29 heavy (non-hydrogen) atoms. The Morgan fingerprint density at radius 1 is 1.14 bits per heavy atom. The van der Waals surface area contributed by atoms with E-state index in [0.717, 1.165) is 57.0 Å². The van der Waals surface area contributed by atoms with Crippen molar-refractivity contribution >= 4 is 5.82 Å². The van der Waals surface area contributed by atoms with Gasteiger partial charge in [0.25, 0.3) is 0 Å². The van der Waals surface area contributed by atoms with Gasteiger partial charge in [0.05, 0.1) is 7.11 Å². The molecule has 0 radical (unpaired) electrons. The number of hydrogen-bond acceptors (Lipinski definition) is 6. The Hall–Kier alpha value is -2.18. The molecule has 1 aromatic carbocycles. The van der Waals surface area contributed by atoms with Crippen molar-refractivity contribution in [2.45, 2.75) is 52.1 Å². The van der Waals surface area contributed by atoms with E-state index in [0.29, 0.717) is 6.04 Å². The highest BCUT2D eigenvalue weighted by atomic mass is 16.5. The molecule has 1 fully saturated rings. The maximum Gasteiger partial charge on any atom is 0.135 e. The van der Waals surface area contributed by atoms with E-state index >= 15 is 0 Å². The molecule has 6 nitrogen and oxygen atoms in total. The maximum atomic E-state index is 9.69. The van der Waals surface area contributed by atoms with Crippen molar-refractivity contribution in [3.8, 4) is 5.75 Å². The number of hydrogen-bond donors (Lipinski definition) is 1. The number of benzene rings is 1. The number of aryl methyl sites for hydroxylation is 1. The lowest BCUT2D eigenvalue weighted by Crippen LogP contribution is -2.53. The van der Waals surface area contributed by atoms with Crippen molar-refractivity contribution < 1.29 is 9.84 Å². The lowest BCUT2D eigenvalue weighted by Gasteiger charge is -2.42. The number of piperazine rings is 1. The summed E-state index contributed by atoms with van der Waals surface area (Å²) in [5, 5.41) is 9.69. The van der Waals surface area contributed by atoms with Crippen LogP contribution in [0.25, 0.3) is 0 Å². The molecule has 1 aliphatic heterocycles. The Labute approximate surface area is 173 Å². The predicted molar refractivity (Wildman–Crippen MR) is 115 cm³/mol. The topological polar surface area (TPSA) is 61.7 Å². The van der Waals surface area contributed by atoms with Gasteiger partial charge in [0.2, 0.25) is 0 Å². The maximum absolute atomic E-state index is 9.69. The summed E-state index contributed by atoms with van der Waals surface area (Å²) < 4.78 is 5.46. The number of aliphatic hydroxyl groups excluding tert-OH is 1. The number of aliphatic hydroxyl groups is 1. The fourth-order valence-corrected chi connectivity index (χ4v) is 4.79. The van der Waals surface area contributed by atoms with E-state index in [9.17, 15) is 5.11 Å². The summed E-state index contributed by atoms with van der Waals surface area (Å²) in [4.78, 5) is 14.0. The van der Waals surface area contributed by atoms with Gasteiger partial charge in [-0.25, -0.2) is 9.97 Å². The van der Waals surface area contributed by atoms with Crippen LogP contribution in [0.3, 0.4) is 0 Å². The average Bonchev–Trinajstić information content (AvgIpc) is 3.22. The van der Waals surface area contributed by atoms with Crippen molar-refractivity contribution in [2.24, 2.45) is 0 Å². The average molecular weight is 397 g/mol. The quantitative estimate of drug-likeness (QED) is 0.810. The number of ether oxygens (including phenoxy) is 1. The lowest BCUT2D eigenvalue weighted by molar-refractivity contribution is 0.135. The van der Waals surface area contributed by atoms with Crippen LogP contribution in [0.2, 0.25) is 0 Å². The molecule has 0 unspecified atom stereocenters. The fraction of sp³-hybridized carbons (Fsp3) is 0.565. The smallest absolute Gasteiger partial charge is 0.135 e. The third-order valence-corrected chi connectivity index (χ3v) is 6.66. The highest BCUT2D eigenvalue weighted by molar-refractivity contribution is 5.51. The van der Waals surface area contributed by atoms with Gasteiger partial charge in [0.1, 0.15) is 17.9 Å². The highest BCUT2D eigenvalue weighted by Gasteiger charge is 2.30. The minimum absolute atomic E-state index is 0.206. The van der Waals surface area contributed by atoms with Crippen LogP contribution in [0, 0.1) is 13.8 Å². The normalized spacial score (nSPS) is 19.4. The Bertz CT molecular complexity index is 870. The Kier molecular flexibility index (Phi) is 6.01. The molecule has 1 saturated heterocycles. The van der Waals surface area contributed by atoms with E-state index in [1.807, 2.05) is 0 Å². The number of methoxy groups -OCH3 is 1. The molecule has 0 saturated carbocycles. The van der Waals surface area contributed by atoms with E-state index in [1.54, 1.807) is 13.4 Å². The summed E-state index contributed by atoms with van der Waals surface area (Å²) in [5.74, 6) is 2.06. The van der Waals surface area contributed by atoms with Crippen LogP contribution < -0.4 is 9.64 Å². The van der Waals surface area contributed by atoms with Crippen LogP contribution in [0.4, 0.5) is 5.82 Å². The van der Waals surface area contributed by atoms with Gasteiger partial charge in [-0.05, 0) is 62.3 Å². The monoisotopic (exact) mass is 396 g/mol. The molecule has 1 atom stereocenters. The second-order valence-corrected chi connectivity index (χ2v) is 8.24. The first-order valence-corrected chi connectivity index (χ1v) is 10.7. The van der Waals surface area contributed by atoms with Crippen LogP contribution in [0.5, 0.6) is 5.75 Å². The molecule has 0 spiro atoms.